The average Bonchev–Trinajstić information content (AvgIpc) is 3.06. The summed E-state index contributed by atoms with van der Waals surface area (Å²) in [6.45, 7) is 6.60. The molecule has 46 heavy (non-hydrogen) atoms. The summed E-state index contributed by atoms with van der Waals surface area (Å²) in [5.41, 5.74) is 2.20. The number of benzene rings is 2. The molecule has 246 valence electrons. The normalized spacial score (nSPS) is 20.1. The van der Waals surface area contributed by atoms with Crippen LogP contribution in [0.4, 0.5) is 5.69 Å². The van der Waals surface area contributed by atoms with Crippen molar-refractivity contribution in [3.05, 3.63) is 89.7 Å². The molecule has 0 bridgehead atoms. The van der Waals surface area contributed by atoms with Gasteiger partial charge >= 0.3 is 0 Å². The van der Waals surface area contributed by atoms with Gasteiger partial charge in [-0.15, -0.1) is 0 Å². The SMILES string of the molecule is C[C@@H]1CN([C@@H](C)CO)C(=O)c2cc(NC(=O)Cc3ccccc3)ccc2O[C@@H](C)CCCCO[C@H]1CN(C)C(=O)c1ccncc1. The maximum absolute atomic E-state index is 14.3. The van der Waals surface area contributed by atoms with Gasteiger partial charge in [-0.3, -0.25) is 19.4 Å². The molecule has 3 aromatic rings. The summed E-state index contributed by atoms with van der Waals surface area (Å²) >= 11 is 0. The predicted octanol–water partition coefficient (Wildman–Crippen LogP) is 4.83. The van der Waals surface area contributed by atoms with E-state index in [-0.39, 0.29) is 55.4 Å². The molecule has 0 saturated heterocycles. The number of aromatic nitrogens is 1. The van der Waals surface area contributed by atoms with E-state index < -0.39 is 6.04 Å². The average molecular weight is 631 g/mol. The van der Waals surface area contributed by atoms with Gasteiger partial charge in [-0.25, -0.2) is 0 Å². The Morgan fingerprint density at radius 2 is 1.83 bits per heavy atom. The molecule has 2 N–H and O–H groups in total. The number of ether oxygens (including phenoxy) is 2. The van der Waals surface area contributed by atoms with Crippen LogP contribution in [-0.4, -0.2) is 89.2 Å². The van der Waals surface area contributed by atoms with Gasteiger partial charge in [0.25, 0.3) is 11.8 Å². The molecule has 0 spiro atoms. The zero-order valence-electron chi connectivity index (χ0n) is 27.2. The highest BCUT2D eigenvalue weighted by Gasteiger charge is 2.31. The van der Waals surface area contributed by atoms with Crippen molar-refractivity contribution in [2.45, 2.75) is 64.7 Å². The molecule has 0 unspecified atom stereocenters. The van der Waals surface area contributed by atoms with E-state index in [4.69, 9.17) is 9.47 Å². The minimum Gasteiger partial charge on any atom is -0.490 e. The molecule has 1 aliphatic rings. The Morgan fingerprint density at radius 3 is 2.54 bits per heavy atom. The summed E-state index contributed by atoms with van der Waals surface area (Å²) in [5.74, 6) is -0.435. The van der Waals surface area contributed by atoms with Crippen LogP contribution in [0.2, 0.25) is 0 Å². The molecule has 3 amide bonds. The number of hydrogen-bond acceptors (Lipinski definition) is 7. The van der Waals surface area contributed by atoms with Crippen LogP contribution >= 0.6 is 0 Å². The fourth-order valence-corrected chi connectivity index (χ4v) is 5.52. The van der Waals surface area contributed by atoms with Crippen molar-refractivity contribution in [3.63, 3.8) is 0 Å². The highest BCUT2D eigenvalue weighted by Crippen LogP contribution is 2.28. The maximum atomic E-state index is 14.3. The first kappa shape index (κ1) is 34.6. The van der Waals surface area contributed by atoms with E-state index in [0.29, 0.717) is 35.7 Å². The molecule has 1 aromatic heterocycles. The van der Waals surface area contributed by atoms with E-state index in [1.165, 1.54) is 0 Å². The van der Waals surface area contributed by atoms with Gasteiger partial charge in [-0.2, -0.15) is 0 Å². The van der Waals surface area contributed by atoms with Crippen molar-refractivity contribution in [2.24, 2.45) is 5.92 Å². The van der Waals surface area contributed by atoms with Crippen LogP contribution in [-0.2, 0) is 16.0 Å². The lowest BCUT2D eigenvalue weighted by Crippen LogP contribution is -2.48. The van der Waals surface area contributed by atoms with E-state index in [1.54, 1.807) is 66.5 Å². The minimum absolute atomic E-state index is 0.143. The van der Waals surface area contributed by atoms with Crippen molar-refractivity contribution in [3.8, 4) is 5.75 Å². The highest BCUT2D eigenvalue weighted by atomic mass is 16.5. The van der Waals surface area contributed by atoms with Crippen LogP contribution in [0.3, 0.4) is 0 Å². The third-order valence-corrected chi connectivity index (χ3v) is 8.27. The van der Waals surface area contributed by atoms with Crippen molar-refractivity contribution >= 4 is 23.4 Å². The number of pyridine rings is 1. The number of aliphatic hydroxyl groups excluding tert-OH is 1. The summed E-state index contributed by atoms with van der Waals surface area (Å²) in [4.78, 5) is 47.6. The molecule has 0 fully saturated rings. The second kappa shape index (κ2) is 16.9. The number of nitrogens with one attached hydrogen (secondary N) is 1. The second-order valence-electron chi connectivity index (χ2n) is 12.1. The minimum atomic E-state index is -0.513. The summed E-state index contributed by atoms with van der Waals surface area (Å²) in [5, 5.41) is 13.1. The van der Waals surface area contributed by atoms with Crippen LogP contribution < -0.4 is 10.1 Å². The van der Waals surface area contributed by atoms with E-state index in [0.717, 1.165) is 24.8 Å². The van der Waals surface area contributed by atoms with Crippen molar-refractivity contribution in [2.75, 3.05) is 38.7 Å². The number of aliphatic hydroxyl groups is 1. The summed E-state index contributed by atoms with van der Waals surface area (Å²) in [6, 6.07) is 17.4. The number of amides is 3. The van der Waals surface area contributed by atoms with Crippen molar-refractivity contribution < 1.29 is 29.0 Å². The molecule has 2 aromatic carbocycles. The van der Waals surface area contributed by atoms with Crippen LogP contribution in [0.1, 0.15) is 66.3 Å². The Balaban J connectivity index is 1.60. The lowest BCUT2D eigenvalue weighted by atomic mass is 10.0. The monoisotopic (exact) mass is 630 g/mol. The zero-order valence-corrected chi connectivity index (χ0v) is 27.2. The quantitative estimate of drug-likeness (QED) is 0.366. The lowest BCUT2D eigenvalue weighted by Gasteiger charge is -2.36. The lowest BCUT2D eigenvalue weighted by molar-refractivity contribution is -0.115. The Labute approximate surface area is 271 Å². The van der Waals surface area contributed by atoms with E-state index in [9.17, 15) is 19.5 Å². The van der Waals surface area contributed by atoms with Gasteiger partial charge in [-0.1, -0.05) is 37.3 Å². The largest absolute Gasteiger partial charge is 0.490 e. The highest BCUT2D eigenvalue weighted by molar-refractivity contribution is 6.00. The van der Waals surface area contributed by atoms with Crippen molar-refractivity contribution in [1.82, 2.24) is 14.8 Å². The number of anilines is 1. The molecule has 2 heterocycles. The molecular formula is C36H46N4O6. The first-order chi connectivity index (χ1) is 22.2. The molecule has 4 atom stereocenters. The number of nitrogens with zero attached hydrogens (tertiary/aromatic N) is 3. The molecule has 1 aliphatic heterocycles. The Morgan fingerprint density at radius 1 is 1.09 bits per heavy atom. The number of carbonyl (C=O) groups is 3. The van der Waals surface area contributed by atoms with Crippen molar-refractivity contribution in [1.29, 1.82) is 0 Å². The van der Waals surface area contributed by atoms with E-state index in [2.05, 4.69) is 10.3 Å². The Kier molecular flexibility index (Phi) is 12.7. The van der Waals surface area contributed by atoms with E-state index in [1.807, 2.05) is 44.2 Å². The molecule has 0 aliphatic carbocycles. The smallest absolute Gasteiger partial charge is 0.258 e. The molecule has 10 heteroatoms. The predicted molar refractivity (Wildman–Crippen MR) is 177 cm³/mol. The van der Waals surface area contributed by atoms with Crippen LogP contribution in [0, 0.1) is 5.92 Å². The molecular weight excluding hydrogens is 584 g/mol. The van der Waals surface area contributed by atoms with Gasteiger partial charge < -0.3 is 29.7 Å². The second-order valence-corrected chi connectivity index (χ2v) is 12.1. The standard InChI is InChI=1S/C36H46N4O6/c1-25-22-40(26(2)24-41)36(44)31-21-30(38-34(42)20-28-11-6-5-7-12-28)13-14-32(31)46-27(3)10-8-9-19-45-33(25)23-39(4)35(43)29-15-17-37-18-16-29/h5-7,11-18,21,25-27,33,41H,8-10,19-20,22-24H2,1-4H3,(H,38,42)/t25-,26+,27+,33+/m1/s1. The van der Waals surface area contributed by atoms with E-state index >= 15 is 0 Å². The van der Waals surface area contributed by atoms with Gasteiger partial charge in [0.2, 0.25) is 5.91 Å². The number of likely N-dealkylation sites (N-methyl/N-ethyl adjacent to an activating group) is 1. The third-order valence-electron chi connectivity index (χ3n) is 8.27. The molecule has 10 nitrogen and oxygen atoms in total. The molecule has 0 radical (unpaired) electrons. The fourth-order valence-electron chi connectivity index (χ4n) is 5.52. The number of fused-ring (bicyclic) bond motifs is 1. The van der Waals surface area contributed by atoms with Gasteiger partial charge in [0.1, 0.15) is 5.75 Å². The fraction of sp³-hybridized carbons (Fsp3) is 0.444. The topological polar surface area (TPSA) is 121 Å². The van der Waals surface area contributed by atoms with Gasteiger partial charge in [0.15, 0.2) is 0 Å². The molecule has 0 saturated carbocycles. The maximum Gasteiger partial charge on any atom is 0.258 e. The summed E-state index contributed by atoms with van der Waals surface area (Å²) in [6.07, 6.45) is 5.27. The zero-order chi connectivity index (χ0) is 33.1. The first-order valence-electron chi connectivity index (χ1n) is 16.0. The summed E-state index contributed by atoms with van der Waals surface area (Å²) < 4.78 is 12.7. The summed E-state index contributed by atoms with van der Waals surface area (Å²) in [7, 11) is 1.74. The van der Waals surface area contributed by atoms with Crippen LogP contribution in [0.5, 0.6) is 5.75 Å². The Bertz CT molecular complexity index is 1440. The first-order valence-corrected chi connectivity index (χ1v) is 16.0. The van der Waals surface area contributed by atoms with Gasteiger partial charge in [0.05, 0.1) is 36.8 Å². The van der Waals surface area contributed by atoms with Gasteiger partial charge in [-0.05, 0) is 69.0 Å². The van der Waals surface area contributed by atoms with Crippen LogP contribution in [0.15, 0.2) is 73.1 Å². The third kappa shape index (κ3) is 9.61. The Hall–Kier alpha value is -4.28. The van der Waals surface area contributed by atoms with Crippen LogP contribution in [0.25, 0.3) is 0 Å². The number of rotatable bonds is 8. The molecule has 4 rings (SSSR count). The number of hydrogen-bond donors (Lipinski definition) is 2. The van der Waals surface area contributed by atoms with Gasteiger partial charge in [0, 0.05) is 56.3 Å². The number of carbonyl (C=O) groups excluding carboxylic acids is 3.